The van der Waals surface area contributed by atoms with Crippen LogP contribution in [-0.2, 0) is 4.74 Å². The topological polar surface area (TPSA) is 32.8 Å². The maximum atomic E-state index is 9.09. The maximum absolute atomic E-state index is 9.09. The highest BCUT2D eigenvalue weighted by Gasteiger charge is 2.41. The molecule has 1 saturated heterocycles. The maximum Gasteiger partial charge on any atom is 0.110 e. The minimum Gasteiger partial charge on any atom is -0.391 e. The third-order valence-corrected chi connectivity index (χ3v) is 2.19. The van der Waals surface area contributed by atoms with E-state index in [1.165, 1.54) is 19.3 Å². The van der Waals surface area contributed by atoms with Crippen LogP contribution in [0.5, 0.6) is 0 Å². The zero-order chi connectivity index (χ0) is 8.27. The lowest BCUT2D eigenvalue weighted by atomic mass is 10.1. The summed E-state index contributed by atoms with van der Waals surface area (Å²) in [5.74, 6) is 0. The number of ether oxygens (including phenoxy) is 1. The number of aliphatic hydroxyl groups is 1. The first-order valence-corrected chi connectivity index (χ1v) is 4.59. The van der Waals surface area contributed by atoms with Crippen molar-refractivity contribution in [2.24, 2.45) is 0 Å². The van der Waals surface area contributed by atoms with E-state index < -0.39 is 0 Å². The van der Waals surface area contributed by atoms with E-state index in [4.69, 9.17) is 9.84 Å². The van der Waals surface area contributed by atoms with Crippen LogP contribution in [0.1, 0.15) is 39.5 Å². The Labute approximate surface area is 68.6 Å². The molecular weight excluding hydrogens is 140 g/mol. The van der Waals surface area contributed by atoms with E-state index in [-0.39, 0.29) is 12.2 Å². The summed E-state index contributed by atoms with van der Waals surface area (Å²) in [4.78, 5) is 0. The van der Waals surface area contributed by atoms with Crippen molar-refractivity contribution in [2.45, 2.75) is 57.8 Å². The minimum atomic E-state index is -0.276. The van der Waals surface area contributed by atoms with Gasteiger partial charge in [-0.1, -0.05) is 26.2 Å². The third kappa shape index (κ3) is 2.80. The number of aliphatic hydroxyl groups excluding tert-OH is 1. The summed E-state index contributed by atoms with van der Waals surface area (Å²) >= 11 is 0. The van der Waals surface area contributed by atoms with Crippen molar-refractivity contribution in [3.63, 3.8) is 0 Å². The molecule has 0 spiro atoms. The van der Waals surface area contributed by atoms with E-state index in [0.29, 0.717) is 6.10 Å². The lowest BCUT2D eigenvalue weighted by Gasteiger charge is -1.96. The molecule has 0 aromatic rings. The van der Waals surface area contributed by atoms with E-state index in [0.717, 1.165) is 6.42 Å². The Kier molecular flexibility index (Phi) is 3.34. The molecule has 0 aromatic carbocycles. The summed E-state index contributed by atoms with van der Waals surface area (Å²) in [7, 11) is 0. The summed E-state index contributed by atoms with van der Waals surface area (Å²) in [6.07, 6.45) is 5.14. The SMILES string of the molecule is CCCCC[C@@H]1O[C@H]1[C@H](C)O. The fourth-order valence-electron chi connectivity index (χ4n) is 1.41. The molecule has 3 atom stereocenters. The van der Waals surface area contributed by atoms with Crippen molar-refractivity contribution < 1.29 is 9.84 Å². The van der Waals surface area contributed by atoms with Crippen molar-refractivity contribution in [1.82, 2.24) is 0 Å². The van der Waals surface area contributed by atoms with Crippen molar-refractivity contribution in [3.8, 4) is 0 Å². The number of hydrogen-bond acceptors (Lipinski definition) is 2. The van der Waals surface area contributed by atoms with Crippen LogP contribution in [-0.4, -0.2) is 23.4 Å². The Hall–Kier alpha value is -0.0800. The van der Waals surface area contributed by atoms with Crippen LogP contribution in [0.4, 0.5) is 0 Å². The van der Waals surface area contributed by atoms with Gasteiger partial charge < -0.3 is 9.84 Å². The van der Waals surface area contributed by atoms with Gasteiger partial charge in [0.2, 0.25) is 0 Å². The number of hydrogen-bond donors (Lipinski definition) is 1. The summed E-state index contributed by atoms with van der Waals surface area (Å²) in [6, 6.07) is 0. The van der Waals surface area contributed by atoms with Crippen LogP contribution in [0.15, 0.2) is 0 Å². The van der Waals surface area contributed by atoms with Gasteiger partial charge in [-0.2, -0.15) is 0 Å². The van der Waals surface area contributed by atoms with Crippen molar-refractivity contribution in [1.29, 1.82) is 0 Å². The molecule has 11 heavy (non-hydrogen) atoms. The predicted molar refractivity (Wildman–Crippen MR) is 44.5 cm³/mol. The zero-order valence-corrected chi connectivity index (χ0v) is 7.42. The summed E-state index contributed by atoms with van der Waals surface area (Å²) in [5, 5.41) is 9.09. The molecule has 1 N–H and O–H groups in total. The summed E-state index contributed by atoms with van der Waals surface area (Å²) in [5.41, 5.74) is 0. The highest BCUT2D eigenvalue weighted by molar-refractivity contribution is 4.88. The zero-order valence-electron chi connectivity index (χ0n) is 7.42. The Morgan fingerprint density at radius 3 is 2.64 bits per heavy atom. The Bertz CT molecular complexity index is 112. The highest BCUT2D eigenvalue weighted by atomic mass is 16.6. The second-order valence-electron chi connectivity index (χ2n) is 3.38. The van der Waals surface area contributed by atoms with Crippen molar-refractivity contribution >= 4 is 0 Å². The lowest BCUT2D eigenvalue weighted by molar-refractivity contribution is 0.152. The summed E-state index contributed by atoms with van der Waals surface area (Å²) in [6.45, 7) is 3.99. The van der Waals surface area contributed by atoms with Crippen LogP contribution in [0.25, 0.3) is 0 Å². The molecule has 66 valence electrons. The van der Waals surface area contributed by atoms with Gasteiger partial charge in [0.15, 0.2) is 0 Å². The Balaban J connectivity index is 1.96. The van der Waals surface area contributed by atoms with Gasteiger partial charge in [-0.05, 0) is 13.3 Å². The molecular formula is C9H18O2. The Morgan fingerprint density at radius 1 is 1.45 bits per heavy atom. The first kappa shape index (κ1) is 9.01. The molecule has 0 amide bonds. The average molecular weight is 158 g/mol. The molecule has 1 aliphatic rings. The number of unbranched alkanes of at least 4 members (excludes halogenated alkanes) is 2. The molecule has 0 bridgehead atoms. The first-order chi connectivity index (χ1) is 5.25. The van der Waals surface area contributed by atoms with Crippen LogP contribution in [0, 0.1) is 0 Å². The van der Waals surface area contributed by atoms with Gasteiger partial charge >= 0.3 is 0 Å². The summed E-state index contributed by atoms with van der Waals surface area (Å²) < 4.78 is 5.27. The first-order valence-electron chi connectivity index (χ1n) is 4.59. The molecule has 2 heteroatoms. The van der Waals surface area contributed by atoms with E-state index in [9.17, 15) is 0 Å². The average Bonchev–Trinajstić information content (AvgIpc) is 2.68. The predicted octanol–water partition coefficient (Wildman–Crippen LogP) is 1.71. The quantitative estimate of drug-likeness (QED) is 0.488. The standard InChI is InChI=1S/C9H18O2/c1-3-4-5-6-8-9(11-8)7(2)10/h7-10H,3-6H2,1-2H3/t7-,8-,9-/m0/s1. The molecule has 0 unspecified atom stereocenters. The molecule has 2 nitrogen and oxygen atoms in total. The number of rotatable bonds is 5. The molecule has 1 aliphatic heterocycles. The normalized spacial score (nSPS) is 31.9. The lowest BCUT2D eigenvalue weighted by Crippen LogP contribution is -2.11. The molecule has 1 heterocycles. The van der Waals surface area contributed by atoms with Gasteiger partial charge in [0, 0.05) is 0 Å². The molecule has 0 aromatic heterocycles. The monoisotopic (exact) mass is 158 g/mol. The fourth-order valence-corrected chi connectivity index (χ4v) is 1.41. The van der Waals surface area contributed by atoms with E-state index in [1.807, 2.05) is 0 Å². The second-order valence-corrected chi connectivity index (χ2v) is 3.38. The van der Waals surface area contributed by atoms with Crippen LogP contribution >= 0.6 is 0 Å². The van der Waals surface area contributed by atoms with Gasteiger partial charge in [-0.25, -0.2) is 0 Å². The second kappa shape index (κ2) is 4.07. The van der Waals surface area contributed by atoms with Crippen LogP contribution in [0.2, 0.25) is 0 Å². The van der Waals surface area contributed by atoms with E-state index in [2.05, 4.69) is 6.92 Å². The fraction of sp³-hybridized carbons (Fsp3) is 1.00. The van der Waals surface area contributed by atoms with E-state index in [1.54, 1.807) is 6.92 Å². The van der Waals surface area contributed by atoms with Crippen LogP contribution < -0.4 is 0 Å². The molecule has 0 radical (unpaired) electrons. The van der Waals surface area contributed by atoms with Gasteiger partial charge in [0.1, 0.15) is 6.10 Å². The van der Waals surface area contributed by atoms with Gasteiger partial charge in [0.25, 0.3) is 0 Å². The third-order valence-electron chi connectivity index (χ3n) is 2.19. The minimum absolute atomic E-state index is 0.145. The molecule has 1 fully saturated rings. The van der Waals surface area contributed by atoms with E-state index >= 15 is 0 Å². The van der Waals surface area contributed by atoms with Gasteiger partial charge in [-0.15, -0.1) is 0 Å². The van der Waals surface area contributed by atoms with Gasteiger partial charge in [-0.3, -0.25) is 0 Å². The smallest absolute Gasteiger partial charge is 0.110 e. The van der Waals surface area contributed by atoms with Crippen molar-refractivity contribution in [2.75, 3.05) is 0 Å². The molecule has 1 rings (SSSR count). The van der Waals surface area contributed by atoms with Crippen LogP contribution in [0.3, 0.4) is 0 Å². The van der Waals surface area contributed by atoms with Crippen molar-refractivity contribution in [3.05, 3.63) is 0 Å². The largest absolute Gasteiger partial charge is 0.391 e. The molecule has 0 aliphatic carbocycles. The number of epoxide rings is 1. The Morgan fingerprint density at radius 2 is 2.18 bits per heavy atom. The highest BCUT2D eigenvalue weighted by Crippen LogP contribution is 2.29. The molecule has 0 saturated carbocycles. The van der Waals surface area contributed by atoms with Gasteiger partial charge in [0.05, 0.1) is 12.2 Å².